The van der Waals surface area contributed by atoms with Crippen molar-refractivity contribution in [3.63, 3.8) is 0 Å². The summed E-state index contributed by atoms with van der Waals surface area (Å²) in [7, 11) is 0. The van der Waals surface area contributed by atoms with E-state index in [0.29, 0.717) is 44.5 Å². The molecule has 0 spiro atoms. The lowest BCUT2D eigenvalue weighted by atomic mass is 9.94. The van der Waals surface area contributed by atoms with Gasteiger partial charge >= 0.3 is 0 Å². The molecule has 0 bridgehead atoms. The molecule has 6 rings (SSSR count). The van der Waals surface area contributed by atoms with Gasteiger partial charge in [-0.05, 0) is 93.7 Å². The number of anilines is 1. The van der Waals surface area contributed by atoms with Crippen LogP contribution in [0.5, 0.6) is 0 Å². The lowest BCUT2D eigenvalue weighted by molar-refractivity contribution is -0.139. The highest BCUT2D eigenvalue weighted by Gasteiger charge is 2.32. The number of hydrogen-bond acceptors (Lipinski definition) is 5. The van der Waals surface area contributed by atoms with E-state index in [-0.39, 0.29) is 36.6 Å². The Balaban J connectivity index is 1.12. The Morgan fingerprint density at radius 1 is 0.981 bits per heavy atom. The monoisotopic (exact) mass is 717 g/mol. The van der Waals surface area contributed by atoms with Crippen molar-refractivity contribution in [3.8, 4) is 0 Å². The van der Waals surface area contributed by atoms with Gasteiger partial charge in [0.25, 0.3) is 0 Å². The summed E-state index contributed by atoms with van der Waals surface area (Å²) in [5.74, 6) is -0.504. The quantitative estimate of drug-likeness (QED) is 0.153. The van der Waals surface area contributed by atoms with Gasteiger partial charge in [0.2, 0.25) is 23.6 Å². The summed E-state index contributed by atoms with van der Waals surface area (Å²) < 4.78 is 0. The molecule has 4 N–H and O–H groups in total. The number of amides is 4. The smallest absolute Gasteiger partial charge is 0.247 e. The number of fused-ring (bicyclic) bond motifs is 1. The summed E-state index contributed by atoms with van der Waals surface area (Å²) in [6.45, 7) is 4.82. The third kappa shape index (κ3) is 9.42. The van der Waals surface area contributed by atoms with Gasteiger partial charge in [0, 0.05) is 53.1 Å². The Bertz CT molecular complexity index is 1950. The first-order valence-corrected chi connectivity index (χ1v) is 19.0. The topological polar surface area (TPSA) is 135 Å². The molecule has 1 aromatic heterocycles. The summed E-state index contributed by atoms with van der Waals surface area (Å²) in [5.41, 5.74) is 6.77. The zero-order valence-corrected chi connectivity index (χ0v) is 30.8. The third-order valence-corrected chi connectivity index (χ3v) is 10.3. The number of H-pyrrole nitrogens is 1. The zero-order chi connectivity index (χ0) is 37.3. The van der Waals surface area contributed by atoms with E-state index in [0.717, 1.165) is 76.7 Å². The Kier molecular flexibility index (Phi) is 12.4. The van der Waals surface area contributed by atoms with E-state index in [1.54, 1.807) is 16.7 Å². The molecule has 1 aliphatic heterocycles. The number of hydrogen-bond donors (Lipinski definition) is 4. The van der Waals surface area contributed by atoms with Crippen LogP contribution >= 0.6 is 0 Å². The molecule has 2 heterocycles. The molecule has 2 aliphatic carbocycles. The highest BCUT2D eigenvalue weighted by Crippen LogP contribution is 2.37. The summed E-state index contributed by atoms with van der Waals surface area (Å²) in [5, 5.41) is 17.8. The zero-order valence-electron chi connectivity index (χ0n) is 30.8. The standard InChI is InChI=1S/C43H51N5O5/c1-3-23-47(39(51)25-30-12-6-4-7-13-30)28-38(50)44-33-19-17-32(18-20-33)42-41(29(2)49)35-27-34(21-22-36(35)46-42)45-43(53)37-16-10-11-24-48(37)40(52)26-31-14-8-5-9-15-31/h4-6,8-9,12,14-15,17,19,21-22,27,29,37,46,49H,3,7,10-11,13,16,18,20,23-26,28H2,1-2H3,(H,44,50)(H,45,53). The molecular formula is C43H51N5O5. The van der Waals surface area contributed by atoms with Crippen LogP contribution in [0.1, 0.15) is 94.6 Å². The van der Waals surface area contributed by atoms with Crippen LogP contribution in [-0.4, -0.2) is 69.2 Å². The number of carbonyl (C=O) groups is 4. The highest BCUT2D eigenvalue weighted by molar-refractivity contribution is 6.00. The van der Waals surface area contributed by atoms with Crippen LogP contribution in [-0.2, 0) is 25.6 Å². The van der Waals surface area contributed by atoms with Crippen LogP contribution in [0.3, 0.4) is 0 Å². The van der Waals surface area contributed by atoms with E-state index < -0.39 is 12.1 Å². The number of aromatic nitrogens is 1. The fraction of sp³-hybridized carbons (Fsp3) is 0.395. The Labute approximate surface area is 311 Å². The summed E-state index contributed by atoms with van der Waals surface area (Å²) in [6.07, 6.45) is 15.9. The number of benzene rings is 2. The van der Waals surface area contributed by atoms with E-state index in [4.69, 9.17) is 0 Å². The summed E-state index contributed by atoms with van der Waals surface area (Å²) in [4.78, 5) is 59.8. The van der Waals surface area contributed by atoms with Crippen molar-refractivity contribution in [1.82, 2.24) is 20.1 Å². The number of nitrogens with zero attached hydrogens (tertiary/aromatic N) is 2. The lowest BCUT2D eigenvalue weighted by Crippen LogP contribution is -2.50. The molecule has 0 radical (unpaired) electrons. The molecule has 1 fully saturated rings. The number of rotatable bonds is 13. The maximum Gasteiger partial charge on any atom is 0.247 e. The molecule has 278 valence electrons. The van der Waals surface area contributed by atoms with E-state index in [9.17, 15) is 24.3 Å². The van der Waals surface area contributed by atoms with Gasteiger partial charge in [-0.3, -0.25) is 19.2 Å². The number of carbonyl (C=O) groups excluding carboxylic acids is 4. The van der Waals surface area contributed by atoms with Gasteiger partial charge in [0.05, 0.1) is 19.1 Å². The van der Waals surface area contributed by atoms with E-state index in [2.05, 4.69) is 21.7 Å². The second kappa shape index (κ2) is 17.5. The number of aliphatic hydroxyl groups excluding tert-OH is 1. The number of likely N-dealkylation sites (tertiary alicyclic amines) is 1. The van der Waals surface area contributed by atoms with Crippen LogP contribution < -0.4 is 10.6 Å². The Hall–Kier alpha value is -5.22. The van der Waals surface area contributed by atoms with Crippen molar-refractivity contribution in [1.29, 1.82) is 0 Å². The molecule has 1 saturated heterocycles. The van der Waals surface area contributed by atoms with Gasteiger partial charge in [-0.1, -0.05) is 67.1 Å². The van der Waals surface area contributed by atoms with Crippen LogP contribution in [0.15, 0.2) is 90.2 Å². The fourth-order valence-electron chi connectivity index (χ4n) is 7.59. The van der Waals surface area contributed by atoms with Gasteiger partial charge in [0.15, 0.2) is 0 Å². The highest BCUT2D eigenvalue weighted by atomic mass is 16.3. The molecule has 0 saturated carbocycles. The molecule has 10 nitrogen and oxygen atoms in total. The minimum absolute atomic E-state index is 0.0134. The van der Waals surface area contributed by atoms with Gasteiger partial charge in [0.1, 0.15) is 6.04 Å². The minimum atomic E-state index is -0.789. The number of nitrogens with one attached hydrogen (secondary N) is 3. The first-order valence-electron chi connectivity index (χ1n) is 19.0. The van der Waals surface area contributed by atoms with E-state index in [1.165, 1.54) is 0 Å². The predicted octanol–water partition coefficient (Wildman–Crippen LogP) is 6.87. The van der Waals surface area contributed by atoms with Crippen molar-refractivity contribution in [3.05, 3.63) is 107 Å². The lowest BCUT2D eigenvalue weighted by Gasteiger charge is -2.35. The molecule has 3 aromatic rings. The molecule has 2 unspecified atom stereocenters. The first kappa shape index (κ1) is 37.5. The van der Waals surface area contributed by atoms with E-state index in [1.807, 2.05) is 79.8 Å². The molecular weight excluding hydrogens is 667 g/mol. The van der Waals surface area contributed by atoms with Gasteiger partial charge < -0.3 is 30.5 Å². The third-order valence-electron chi connectivity index (χ3n) is 10.3. The van der Waals surface area contributed by atoms with Gasteiger partial charge in [-0.25, -0.2) is 0 Å². The van der Waals surface area contributed by atoms with Crippen molar-refractivity contribution < 1.29 is 24.3 Å². The van der Waals surface area contributed by atoms with Gasteiger partial charge in [-0.2, -0.15) is 0 Å². The van der Waals surface area contributed by atoms with Crippen LogP contribution in [0.25, 0.3) is 16.5 Å². The SMILES string of the molecule is CCCN(CC(=O)NC1=CC=C(c2[nH]c3ccc(NC(=O)C4CCCCN4C(=O)Cc4ccccc4)cc3c2C(C)O)CC1)C(=O)CC1=CC=CCC1. The number of aliphatic hydroxyl groups is 1. The first-order chi connectivity index (χ1) is 25.7. The van der Waals surface area contributed by atoms with Crippen LogP contribution in [0.2, 0.25) is 0 Å². The van der Waals surface area contributed by atoms with Crippen LogP contribution in [0.4, 0.5) is 5.69 Å². The van der Waals surface area contributed by atoms with Crippen molar-refractivity contribution in [2.75, 3.05) is 25.0 Å². The average Bonchev–Trinajstić information content (AvgIpc) is 3.55. The summed E-state index contributed by atoms with van der Waals surface area (Å²) >= 11 is 0. The second-order valence-corrected chi connectivity index (χ2v) is 14.3. The van der Waals surface area contributed by atoms with Crippen molar-refractivity contribution in [2.45, 2.75) is 90.2 Å². The van der Waals surface area contributed by atoms with Gasteiger partial charge in [-0.15, -0.1) is 0 Å². The van der Waals surface area contributed by atoms with Crippen molar-refractivity contribution in [2.24, 2.45) is 0 Å². The maximum atomic E-state index is 13.6. The second-order valence-electron chi connectivity index (χ2n) is 14.3. The molecule has 2 aromatic carbocycles. The van der Waals surface area contributed by atoms with E-state index >= 15 is 0 Å². The molecule has 2 atom stereocenters. The molecule has 10 heteroatoms. The number of aromatic amines is 1. The van der Waals surface area contributed by atoms with Crippen molar-refractivity contribution >= 4 is 45.8 Å². The minimum Gasteiger partial charge on any atom is -0.389 e. The fourth-order valence-corrected chi connectivity index (χ4v) is 7.59. The molecule has 3 aliphatic rings. The summed E-state index contributed by atoms with van der Waals surface area (Å²) in [6, 6.07) is 14.7. The van der Waals surface area contributed by atoms with Crippen LogP contribution in [0, 0.1) is 0 Å². The largest absolute Gasteiger partial charge is 0.389 e. The number of allylic oxidation sites excluding steroid dienone is 7. The average molecular weight is 718 g/mol. The maximum absolute atomic E-state index is 13.6. The molecule has 4 amide bonds. The number of piperidine rings is 1. The Morgan fingerprint density at radius 3 is 2.53 bits per heavy atom. The molecule has 53 heavy (non-hydrogen) atoms. The normalized spacial score (nSPS) is 17.8. The predicted molar refractivity (Wildman–Crippen MR) is 208 cm³/mol. The Morgan fingerprint density at radius 2 is 1.81 bits per heavy atom.